The van der Waals surface area contributed by atoms with Crippen LogP contribution in [0.5, 0.6) is 0 Å². The predicted molar refractivity (Wildman–Crippen MR) is 80.6 cm³/mol. The van der Waals surface area contributed by atoms with Gasteiger partial charge >= 0.3 is 0 Å². The maximum atomic E-state index is 12.3. The zero-order chi connectivity index (χ0) is 15.6. The zero-order valence-corrected chi connectivity index (χ0v) is 13.2. The number of halogens is 1. The summed E-state index contributed by atoms with van der Waals surface area (Å²) in [5, 5.41) is 10.8. The van der Waals surface area contributed by atoms with Gasteiger partial charge in [-0.3, -0.25) is 14.8 Å². The average molecular weight is 372 g/mol. The minimum atomic E-state index is -3.95. The number of non-ortho nitro benzene ring substituents is 1. The third kappa shape index (κ3) is 3.56. The van der Waals surface area contributed by atoms with Crippen molar-refractivity contribution in [2.45, 2.75) is 11.8 Å². The van der Waals surface area contributed by atoms with Crippen molar-refractivity contribution in [1.82, 2.24) is 4.98 Å². The smallest absolute Gasteiger partial charge is 0.263 e. The van der Waals surface area contributed by atoms with E-state index in [4.69, 9.17) is 0 Å². The summed E-state index contributed by atoms with van der Waals surface area (Å²) in [5.74, 6) is 0.129. The van der Waals surface area contributed by atoms with Gasteiger partial charge in [-0.2, -0.15) is 0 Å². The quantitative estimate of drug-likeness (QED) is 0.657. The van der Waals surface area contributed by atoms with Crippen molar-refractivity contribution >= 4 is 37.5 Å². The van der Waals surface area contributed by atoms with Gasteiger partial charge in [-0.15, -0.1) is 0 Å². The van der Waals surface area contributed by atoms with Gasteiger partial charge in [0.2, 0.25) is 0 Å². The Balaban J connectivity index is 2.41. The van der Waals surface area contributed by atoms with E-state index in [0.717, 1.165) is 6.07 Å². The van der Waals surface area contributed by atoms with Crippen LogP contribution in [0.2, 0.25) is 0 Å². The molecule has 110 valence electrons. The Morgan fingerprint density at radius 2 is 2.00 bits per heavy atom. The lowest BCUT2D eigenvalue weighted by Crippen LogP contribution is -2.15. The first-order chi connectivity index (χ1) is 9.79. The Morgan fingerprint density at radius 3 is 2.57 bits per heavy atom. The number of benzene rings is 1. The van der Waals surface area contributed by atoms with Crippen LogP contribution in [0.15, 0.2) is 45.9 Å². The van der Waals surface area contributed by atoms with Gasteiger partial charge in [0.1, 0.15) is 5.82 Å². The normalized spacial score (nSPS) is 11.1. The number of aromatic nitrogens is 1. The Bertz CT molecular complexity index is 791. The highest BCUT2D eigenvalue weighted by molar-refractivity contribution is 9.10. The zero-order valence-electron chi connectivity index (χ0n) is 10.8. The number of nitro benzene ring substituents is 1. The van der Waals surface area contributed by atoms with Crippen molar-refractivity contribution in [2.24, 2.45) is 0 Å². The van der Waals surface area contributed by atoms with Crippen molar-refractivity contribution in [3.05, 3.63) is 56.7 Å². The standard InChI is InChI=1S/C12H10BrN3O4S/c1-8-2-4-10(16(17)18)6-11(8)21(19,20)15-12-5-3-9(13)7-14-12/h2-7H,1H3,(H,14,15). The lowest BCUT2D eigenvalue weighted by molar-refractivity contribution is -0.385. The molecule has 0 atom stereocenters. The molecule has 1 aromatic carbocycles. The van der Waals surface area contributed by atoms with E-state index in [9.17, 15) is 18.5 Å². The molecule has 1 N–H and O–H groups in total. The third-order valence-electron chi connectivity index (χ3n) is 2.64. The molecular weight excluding hydrogens is 362 g/mol. The predicted octanol–water partition coefficient (Wildman–Crippen LogP) is 2.86. The van der Waals surface area contributed by atoms with Crippen LogP contribution in [-0.2, 0) is 10.0 Å². The van der Waals surface area contributed by atoms with E-state index >= 15 is 0 Å². The minimum Gasteiger partial charge on any atom is -0.263 e. The number of rotatable bonds is 4. The first-order valence-electron chi connectivity index (χ1n) is 5.69. The molecule has 1 aromatic heterocycles. The van der Waals surface area contributed by atoms with E-state index in [0.29, 0.717) is 10.0 Å². The van der Waals surface area contributed by atoms with Crippen LogP contribution in [0.1, 0.15) is 5.56 Å². The number of aryl methyl sites for hydroxylation is 1. The summed E-state index contributed by atoms with van der Waals surface area (Å²) < 4.78 is 27.6. The molecule has 0 aliphatic rings. The van der Waals surface area contributed by atoms with E-state index in [-0.39, 0.29) is 16.4 Å². The van der Waals surface area contributed by atoms with Gasteiger partial charge in [-0.1, -0.05) is 6.07 Å². The highest BCUT2D eigenvalue weighted by Crippen LogP contribution is 2.23. The third-order valence-corrected chi connectivity index (χ3v) is 4.60. The molecule has 9 heteroatoms. The van der Waals surface area contributed by atoms with Crippen LogP contribution in [0.4, 0.5) is 11.5 Å². The van der Waals surface area contributed by atoms with Gasteiger partial charge in [0, 0.05) is 22.8 Å². The van der Waals surface area contributed by atoms with Crippen LogP contribution in [0.3, 0.4) is 0 Å². The molecule has 0 unspecified atom stereocenters. The molecule has 1 heterocycles. The number of hydrogen-bond acceptors (Lipinski definition) is 5. The van der Waals surface area contributed by atoms with Crippen molar-refractivity contribution in [1.29, 1.82) is 0 Å². The molecule has 2 rings (SSSR count). The second-order valence-electron chi connectivity index (χ2n) is 4.17. The molecule has 0 aliphatic heterocycles. The Hall–Kier alpha value is -2.00. The number of sulfonamides is 1. The molecule has 0 saturated heterocycles. The minimum absolute atomic E-state index is 0.129. The Labute approximate surface area is 129 Å². The van der Waals surface area contributed by atoms with E-state index in [1.165, 1.54) is 24.4 Å². The lowest BCUT2D eigenvalue weighted by Gasteiger charge is -2.09. The summed E-state index contributed by atoms with van der Waals surface area (Å²) in [4.78, 5) is 13.9. The second kappa shape index (κ2) is 5.78. The van der Waals surface area contributed by atoms with Crippen LogP contribution in [0, 0.1) is 17.0 Å². The average Bonchev–Trinajstić information content (AvgIpc) is 2.41. The molecule has 0 aliphatic carbocycles. The molecule has 0 radical (unpaired) electrons. The summed E-state index contributed by atoms with van der Waals surface area (Å²) in [5.41, 5.74) is 0.120. The Morgan fingerprint density at radius 1 is 1.29 bits per heavy atom. The van der Waals surface area contributed by atoms with E-state index in [2.05, 4.69) is 25.6 Å². The summed E-state index contributed by atoms with van der Waals surface area (Å²) in [6, 6.07) is 6.78. The molecule has 7 nitrogen and oxygen atoms in total. The molecule has 0 bridgehead atoms. The number of nitro groups is 1. The monoisotopic (exact) mass is 371 g/mol. The summed E-state index contributed by atoms with van der Waals surface area (Å²) in [6.07, 6.45) is 1.44. The van der Waals surface area contributed by atoms with Crippen molar-refractivity contribution in [3.8, 4) is 0 Å². The molecule has 21 heavy (non-hydrogen) atoms. The fourth-order valence-electron chi connectivity index (χ4n) is 1.62. The molecular formula is C12H10BrN3O4S. The van der Waals surface area contributed by atoms with Gasteiger partial charge in [0.05, 0.1) is 9.82 Å². The van der Waals surface area contributed by atoms with Gasteiger partial charge in [0.25, 0.3) is 15.7 Å². The van der Waals surface area contributed by atoms with Crippen LogP contribution < -0.4 is 4.72 Å². The highest BCUT2D eigenvalue weighted by Gasteiger charge is 2.21. The van der Waals surface area contributed by atoms with Crippen molar-refractivity contribution in [2.75, 3.05) is 4.72 Å². The maximum absolute atomic E-state index is 12.3. The molecule has 0 spiro atoms. The van der Waals surface area contributed by atoms with E-state index < -0.39 is 14.9 Å². The first kappa shape index (κ1) is 15.4. The largest absolute Gasteiger partial charge is 0.270 e. The molecule has 0 saturated carbocycles. The van der Waals surface area contributed by atoms with E-state index in [1.54, 1.807) is 13.0 Å². The summed E-state index contributed by atoms with van der Waals surface area (Å²) >= 11 is 3.19. The number of nitrogens with one attached hydrogen (secondary N) is 1. The van der Waals surface area contributed by atoms with Crippen molar-refractivity contribution < 1.29 is 13.3 Å². The highest BCUT2D eigenvalue weighted by atomic mass is 79.9. The summed E-state index contributed by atoms with van der Waals surface area (Å²) in [7, 11) is -3.95. The van der Waals surface area contributed by atoms with Gasteiger partial charge in [-0.25, -0.2) is 13.4 Å². The number of hydrogen-bond donors (Lipinski definition) is 1. The second-order valence-corrected chi connectivity index (χ2v) is 6.74. The summed E-state index contributed by atoms with van der Waals surface area (Å²) in [6.45, 7) is 1.56. The SMILES string of the molecule is Cc1ccc([N+](=O)[O-])cc1S(=O)(=O)Nc1ccc(Br)cn1. The van der Waals surface area contributed by atoms with Crippen LogP contribution in [0.25, 0.3) is 0 Å². The fourth-order valence-corrected chi connectivity index (χ4v) is 3.13. The topological polar surface area (TPSA) is 102 Å². The molecule has 0 amide bonds. The number of anilines is 1. The number of pyridine rings is 1. The van der Waals surface area contributed by atoms with Gasteiger partial charge < -0.3 is 0 Å². The molecule has 0 fully saturated rings. The van der Waals surface area contributed by atoms with E-state index in [1.807, 2.05) is 0 Å². The van der Waals surface area contributed by atoms with Crippen molar-refractivity contribution in [3.63, 3.8) is 0 Å². The van der Waals surface area contributed by atoms with Crippen LogP contribution in [-0.4, -0.2) is 18.3 Å². The number of nitrogens with zero attached hydrogens (tertiary/aromatic N) is 2. The Kier molecular flexibility index (Phi) is 4.24. The van der Waals surface area contributed by atoms with Gasteiger partial charge in [0.15, 0.2) is 0 Å². The van der Waals surface area contributed by atoms with Crippen LogP contribution >= 0.6 is 15.9 Å². The van der Waals surface area contributed by atoms with Gasteiger partial charge in [-0.05, 0) is 40.5 Å². The maximum Gasteiger partial charge on any atom is 0.270 e. The first-order valence-corrected chi connectivity index (χ1v) is 7.96. The fraction of sp³-hybridized carbons (Fsp3) is 0.0833. The lowest BCUT2D eigenvalue weighted by atomic mass is 10.2. The molecule has 2 aromatic rings.